The molecule has 1 atom stereocenters. The highest BCUT2D eigenvalue weighted by molar-refractivity contribution is 6.30. The van der Waals surface area contributed by atoms with Gasteiger partial charge in [0, 0.05) is 24.5 Å². The maximum Gasteiger partial charge on any atom is 0.226 e. The molecule has 1 aromatic rings. The lowest BCUT2D eigenvalue weighted by Gasteiger charge is -2.34. The fraction of sp³-hybridized carbons (Fsp3) is 0.556. The molecular formula is C18H25ClN2O2. The number of hydrogen-bond donors (Lipinski definition) is 1. The number of nitrogens with one attached hydrogen (secondary N) is 1. The average molecular weight is 337 g/mol. The normalized spacial score (nSPS) is 18.3. The van der Waals surface area contributed by atoms with Crippen molar-refractivity contribution in [2.45, 2.75) is 45.6 Å². The van der Waals surface area contributed by atoms with Crippen LogP contribution in [0.4, 0.5) is 0 Å². The van der Waals surface area contributed by atoms with Crippen LogP contribution in [0.5, 0.6) is 0 Å². The van der Waals surface area contributed by atoms with Crippen LogP contribution >= 0.6 is 11.6 Å². The lowest BCUT2D eigenvalue weighted by Crippen LogP contribution is -2.48. The molecule has 23 heavy (non-hydrogen) atoms. The highest BCUT2D eigenvalue weighted by atomic mass is 35.5. The number of hydrogen-bond acceptors (Lipinski definition) is 2. The zero-order chi connectivity index (χ0) is 17.0. The van der Waals surface area contributed by atoms with Gasteiger partial charge in [-0.25, -0.2) is 0 Å². The van der Waals surface area contributed by atoms with Crippen LogP contribution in [-0.2, 0) is 15.1 Å². The van der Waals surface area contributed by atoms with Gasteiger partial charge in [-0.2, -0.15) is 0 Å². The molecule has 4 nitrogen and oxygen atoms in total. The molecule has 0 unspecified atom stereocenters. The Hall–Kier alpha value is -1.55. The molecule has 5 heteroatoms. The summed E-state index contributed by atoms with van der Waals surface area (Å²) in [6, 6.07) is 7.63. The minimum Gasteiger partial charge on any atom is -0.346 e. The maximum absolute atomic E-state index is 12.7. The number of rotatable bonds is 6. The molecule has 1 fully saturated rings. The van der Waals surface area contributed by atoms with Gasteiger partial charge in [0.25, 0.3) is 0 Å². The molecular weight excluding hydrogens is 312 g/mol. The average Bonchev–Trinajstić information content (AvgIpc) is 2.94. The van der Waals surface area contributed by atoms with Crippen LogP contribution in [0.15, 0.2) is 24.3 Å². The minimum atomic E-state index is -0.412. The lowest BCUT2D eigenvalue weighted by molar-refractivity contribution is -0.129. The highest BCUT2D eigenvalue weighted by Gasteiger charge is 2.37. The predicted octanol–water partition coefficient (Wildman–Crippen LogP) is 3.34. The summed E-state index contributed by atoms with van der Waals surface area (Å²) in [5, 5.41) is 3.89. The third-order valence-corrected chi connectivity index (χ3v) is 5.19. The Morgan fingerprint density at radius 2 is 1.87 bits per heavy atom. The summed E-state index contributed by atoms with van der Waals surface area (Å²) in [5.41, 5.74) is 0.640. The second kappa shape index (κ2) is 7.35. The second-order valence-corrected chi connectivity index (χ2v) is 6.56. The Kier molecular flexibility index (Phi) is 5.69. The van der Waals surface area contributed by atoms with E-state index < -0.39 is 5.54 Å². The summed E-state index contributed by atoms with van der Waals surface area (Å²) in [6.07, 6.45) is 1.88. The maximum atomic E-state index is 12.7. The van der Waals surface area contributed by atoms with Crippen molar-refractivity contribution in [2.75, 3.05) is 13.1 Å². The molecule has 0 spiro atoms. The van der Waals surface area contributed by atoms with Gasteiger partial charge < -0.3 is 10.2 Å². The summed E-state index contributed by atoms with van der Waals surface area (Å²) in [6.45, 7) is 7.25. The van der Waals surface area contributed by atoms with Crippen LogP contribution in [0, 0.1) is 5.92 Å². The number of amides is 2. The van der Waals surface area contributed by atoms with E-state index in [1.54, 1.807) is 4.90 Å². The van der Waals surface area contributed by atoms with Crippen molar-refractivity contribution >= 4 is 23.4 Å². The number of likely N-dealkylation sites (tertiary alicyclic amines) is 1. The summed E-state index contributed by atoms with van der Waals surface area (Å²) >= 11 is 5.98. The van der Waals surface area contributed by atoms with E-state index in [0.717, 1.165) is 18.4 Å². The smallest absolute Gasteiger partial charge is 0.226 e. The molecule has 126 valence electrons. The van der Waals surface area contributed by atoms with Crippen molar-refractivity contribution in [3.8, 4) is 0 Å². The summed E-state index contributed by atoms with van der Waals surface area (Å²) in [7, 11) is 0. The molecule has 0 saturated carbocycles. The number of carbonyl (C=O) groups is 2. The number of nitrogens with zero attached hydrogens (tertiary/aromatic N) is 1. The third-order valence-electron chi connectivity index (χ3n) is 4.93. The zero-order valence-corrected chi connectivity index (χ0v) is 14.8. The molecule has 1 aliphatic rings. The first-order valence-corrected chi connectivity index (χ1v) is 8.69. The SMILES string of the molecule is CCN1C[C@@H](C(=O)NC(CC)(CC)c2ccc(Cl)cc2)CC1=O. The Bertz CT molecular complexity index is 567. The summed E-state index contributed by atoms with van der Waals surface area (Å²) in [4.78, 5) is 26.3. The number of halogens is 1. The Balaban J connectivity index is 2.17. The molecule has 2 rings (SSSR count). The zero-order valence-electron chi connectivity index (χ0n) is 14.1. The van der Waals surface area contributed by atoms with E-state index in [1.165, 1.54) is 0 Å². The summed E-state index contributed by atoms with van der Waals surface area (Å²) < 4.78 is 0. The van der Waals surface area contributed by atoms with Gasteiger partial charge in [0.2, 0.25) is 11.8 Å². The fourth-order valence-corrected chi connectivity index (χ4v) is 3.39. The van der Waals surface area contributed by atoms with E-state index in [4.69, 9.17) is 11.6 Å². The van der Waals surface area contributed by atoms with Crippen molar-refractivity contribution in [1.29, 1.82) is 0 Å². The van der Waals surface area contributed by atoms with Crippen molar-refractivity contribution in [3.05, 3.63) is 34.9 Å². The second-order valence-electron chi connectivity index (χ2n) is 6.12. The molecule has 0 aliphatic carbocycles. The Morgan fingerprint density at radius 3 is 2.35 bits per heavy atom. The topological polar surface area (TPSA) is 49.4 Å². The van der Waals surface area contributed by atoms with Gasteiger partial charge in [-0.15, -0.1) is 0 Å². The van der Waals surface area contributed by atoms with Crippen molar-refractivity contribution in [2.24, 2.45) is 5.92 Å². The molecule has 0 aromatic heterocycles. The van der Waals surface area contributed by atoms with Gasteiger partial charge in [0.05, 0.1) is 11.5 Å². The van der Waals surface area contributed by atoms with E-state index in [0.29, 0.717) is 24.5 Å². The molecule has 0 bridgehead atoms. The van der Waals surface area contributed by atoms with Crippen molar-refractivity contribution < 1.29 is 9.59 Å². The third kappa shape index (κ3) is 3.69. The first-order valence-electron chi connectivity index (χ1n) is 8.31. The first kappa shape index (κ1) is 17.8. The number of carbonyl (C=O) groups excluding carboxylic acids is 2. The molecule has 1 aliphatic heterocycles. The molecule has 1 N–H and O–H groups in total. The molecule has 0 radical (unpaired) electrons. The van der Waals surface area contributed by atoms with Crippen LogP contribution in [-0.4, -0.2) is 29.8 Å². The molecule has 2 amide bonds. The van der Waals surface area contributed by atoms with E-state index in [-0.39, 0.29) is 17.7 Å². The highest BCUT2D eigenvalue weighted by Crippen LogP contribution is 2.31. The van der Waals surface area contributed by atoms with Gasteiger partial charge in [-0.05, 0) is 37.5 Å². The van der Waals surface area contributed by atoms with Crippen molar-refractivity contribution in [1.82, 2.24) is 10.2 Å². The first-order chi connectivity index (χ1) is 11.0. The van der Waals surface area contributed by atoms with Crippen LogP contribution < -0.4 is 5.32 Å². The standard InChI is InChI=1S/C18H25ClN2O2/c1-4-18(5-2,14-7-9-15(19)10-8-14)20-17(23)13-11-16(22)21(6-3)12-13/h7-10,13H,4-6,11-12H2,1-3H3,(H,20,23)/t13-/m0/s1. The molecule has 1 heterocycles. The fourth-order valence-electron chi connectivity index (χ4n) is 3.27. The molecule has 1 aromatic carbocycles. The lowest BCUT2D eigenvalue weighted by atomic mass is 9.84. The van der Waals surface area contributed by atoms with E-state index in [1.807, 2.05) is 31.2 Å². The Labute approximate surface area is 143 Å². The quantitative estimate of drug-likeness (QED) is 0.866. The Morgan fingerprint density at radius 1 is 1.26 bits per heavy atom. The largest absolute Gasteiger partial charge is 0.346 e. The minimum absolute atomic E-state index is 0.0343. The van der Waals surface area contributed by atoms with Crippen molar-refractivity contribution in [3.63, 3.8) is 0 Å². The van der Waals surface area contributed by atoms with E-state index >= 15 is 0 Å². The van der Waals surface area contributed by atoms with Gasteiger partial charge in [0.1, 0.15) is 0 Å². The van der Waals surface area contributed by atoms with Crippen LogP contribution in [0.2, 0.25) is 5.02 Å². The van der Waals surface area contributed by atoms with Gasteiger partial charge in [0.15, 0.2) is 0 Å². The van der Waals surface area contributed by atoms with E-state index in [9.17, 15) is 9.59 Å². The monoisotopic (exact) mass is 336 g/mol. The van der Waals surface area contributed by atoms with E-state index in [2.05, 4.69) is 19.2 Å². The van der Waals surface area contributed by atoms with Gasteiger partial charge in [-0.1, -0.05) is 37.6 Å². The summed E-state index contributed by atoms with van der Waals surface area (Å²) in [5.74, 6) is -0.224. The van der Waals surface area contributed by atoms with Gasteiger partial charge >= 0.3 is 0 Å². The predicted molar refractivity (Wildman–Crippen MR) is 92.2 cm³/mol. The van der Waals surface area contributed by atoms with Crippen LogP contribution in [0.3, 0.4) is 0 Å². The van der Waals surface area contributed by atoms with Crippen LogP contribution in [0.25, 0.3) is 0 Å². The van der Waals surface area contributed by atoms with Crippen LogP contribution in [0.1, 0.15) is 45.6 Å². The van der Waals surface area contributed by atoms with Gasteiger partial charge in [-0.3, -0.25) is 9.59 Å². The number of benzene rings is 1. The molecule has 1 saturated heterocycles.